The second-order valence-corrected chi connectivity index (χ2v) is 6.10. The Balaban J connectivity index is 1.70. The van der Waals surface area contributed by atoms with Gasteiger partial charge in [-0.1, -0.05) is 11.6 Å². The lowest BCUT2D eigenvalue weighted by molar-refractivity contribution is 0.171. The van der Waals surface area contributed by atoms with Gasteiger partial charge in [0, 0.05) is 18.3 Å². The average Bonchev–Trinajstić information content (AvgIpc) is 2.90. The quantitative estimate of drug-likeness (QED) is 0.925. The van der Waals surface area contributed by atoms with E-state index in [1.54, 1.807) is 0 Å². The number of nitrogens with one attached hydrogen (secondary N) is 1. The molecule has 1 aromatic carbocycles. The van der Waals surface area contributed by atoms with Gasteiger partial charge in [0.2, 0.25) is 0 Å². The molecule has 2 aliphatic heterocycles. The van der Waals surface area contributed by atoms with E-state index in [0.717, 1.165) is 17.9 Å². The SMILES string of the molecule is Clc1cc(CNC2CCSC2)cc2c1OCCO2. The molecule has 1 atom stereocenters. The highest BCUT2D eigenvalue weighted by atomic mass is 35.5. The van der Waals surface area contributed by atoms with Crippen molar-refractivity contribution < 1.29 is 9.47 Å². The normalized spacial score (nSPS) is 22.2. The largest absolute Gasteiger partial charge is 0.486 e. The molecule has 3 nitrogen and oxygen atoms in total. The molecule has 0 aliphatic carbocycles. The predicted octanol–water partition coefficient (Wildman–Crippen LogP) is 2.71. The summed E-state index contributed by atoms with van der Waals surface area (Å²) in [6.45, 7) is 2.00. The van der Waals surface area contributed by atoms with E-state index in [-0.39, 0.29) is 0 Å². The zero-order chi connectivity index (χ0) is 12.4. The molecule has 1 unspecified atom stereocenters. The zero-order valence-electron chi connectivity index (χ0n) is 10.1. The summed E-state index contributed by atoms with van der Waals surface area (Å²) in [4.78, 5) is 0. The van der Waals surface area contributed by atoms with Crippen molar-refractivity contribution in [2.24, 2.45) is 0 Å². The maximum Gasteiger partial charge on any atom is 0.179 e. The Bertz CT molecular complexity index is 435. The number of hydrogen-bond acceptors (Lipinski definition) is 4. The summed E-state index contributed by atoms with van der Waals surface area (Å²) in [7, 11) is 0. The summed E-state index contributed by atoms with van der Waals surface area (Å²) in [6, 6.07) is 4.61. The molecule has 1 fully saturated rings. The van der Waals surface area contributed by atoms with Crippen LogP contribution in [0.25, 0.3) is 0 Å². The molecule has 98 valence electrons. The Kier molecular flexibility index (Phi) is 3.87. The van der Waals surface area contributed by atoms with Crippen LogP contribution < -0.4 is 14.8 Å². The van der Waals surface area contributed by atoms with Crippen LogP contribution in [0.4, 0.5) is 0 Å². The first-order valence-electron chi connectivity index (χ1n) is 6.22. The van der Waals surface area contributed by atoms with Gasteiger partial charge in [0.15, 0.2) is 11.5 Å². The Labute approximate surface area is 116 Å². The third-order valence-electron chi connectivity index (χ3n) is 3.18. The van der Waals surface area contributed by atoms with Crippen LogP contribution in [0, 0.1) is 0 Å². The van der Waals surface area contributed by atoms with Crippen LogP contribution in [0.15, 0.2) is 12.1 Å². The van der Waals surface area contributed by atoms with Gasteiger partial charge >= 0.3 is 0 Å². The van der Waals surface area contributed by atoms with Crippen molar-refractivity contribution >= 4 is 23.4 Å². The van der Waals surface area contributed by atoms with Gasteiger partial charge in [-0.05, 0) is 29.9 Å². The van der Waals surface area contributed by atoms with Gasteiger partial charge in [0.1, 0.15) is 13.2 Å². The monoisotopic (exact) mass is 285 g/mol. The van der Waals surface area contributed by atoms with Crippen LogP contribution in [-0.2, 0) is 6.54 Å². The Morgan fingerprint density at radius 2 is 2.22 bits per heavy atom. The first kappa shape index (κ1) is 12.5. The van der Waals surface area contributed by atoms with Crippen molar-refractivity contribution in [3.63, 3.8) is 0 Å². The summed E-state index contributed by atoms with van der Waals surface area (Å²) >= 11 is 8.22. The van der Waals surface area contributed by atoms with Crippen LogP contribution >= 0.6 is 23.4 Å². The highest BCUT2D eigenvalue weighted by Gasteiger charge is 2.18. The van der Waals surface area contributed by atoms with E-state index < -0.39 is 0 Å². The van der Waals surface area contributed by atoms with E-state index in [2.05, 4.69) is 5.32 Å². The minimum absolute atomic E-state index is 0.573. The Morgan fingerprint density at radius 1 is 1.33 bits per heavy atom. The zero-order valence-corrected chi connectivity index (χ0v) is 11.6. The van der Waals surface area contributed by atoms with Crippen LogP contribution in [0.5, 0.6) is 11.5 Å². The third kappa shape index (κ3) is 2.71. The van der Waals surface area contributed by atoms with Crippen LogP contribution in [-0.4, -0.2) is 30.8 Å². The van der Waals surface area contributed by atoms with E-state index >= 15 is 0 Å². The van der Waals surface area contributed by atoms with Crippen molar-refractivity contribution in [1.82, 2.24) is 5.32 Å². The minimum Gasteiger partial charge on any atom is -0.486 e. The molecule has 0 spiro atoms. The number of rotatable bonds is 3. The number of benzene rings is 1. The van der Waals surface area contributed by atoms with Gasteiger partial charge in [0.05, 0.1) is 5.02 Å². The van der Waals surface area contributed by atoms with Gasteiger partial charge < -0.3 is 14.8 Å². The first-order valence-corrected chi connectivity index (χ1v) is 7.75. The molecule has 1 N–H and O–H groups in total. The summed E-state index contributed by atoms with van der Waals surface area (Å²) in [5, 5.41) is 4.20. The fourth-order valence-electron chi connectivity index (χ4n) is 2.22. The number of ether oxygens (including phenoxy) is 2. The molecule has 2 heterocycles. The number of hydrogen-bond donors (Lipinski definition) is 1. The van der Waals surface area contributed by atoms with Gasteiger partial charge in [-0.25, -0.2) is 0 Å². The molecule has 0 saturated carbocycles. The maximum absolute atomic E-state index is 6.21. The van der Waals surface area contributed by atoms with Crippen molar-refractivity contribution in [2.75, 3.05) is 24.7 Å². The lowest BCUT2D eigenvalue weighted by atomic mass is 10.1. The Morgan fingerprint density at radius 3 is 3.06 bits per heavy atom. The molecule has 0 radical (unpaired) electrons. The standard InChI is InChI=1S/C13H16ClNO2S/c14-11-5-9(7-15-10-1-4-18-8-10)6-12-13(11)17-3-2-16-12/h5-6,10,15H,1-4,7-8H2. The number of fused-ring (bicyclic) bond motifs is 1. The second kappa shape index (κ2) is 5.59. The average molecular weight is 286 g/mol. The van der Waals surface area contributed by atoms with Gasteiger partial charge in [-0.3, -0.25) is 0 Å². The highest BCUT2D eigenvalue weighted by Crippen LogP contribution is 2.38. The third-order valence-corrected chi connectivity index (χ3v) is 4.62. The van der Waals surface area contributed by atoms with Gasteiger partial charge in [0.25, 0.3) is 0 Å². The molecule has 18 heavy (non-hydrogen) atoms. The molecular weight excluding hydrogens is 270 g/mol. The molecule has 2 aliphatic rings. The van der Waals surface area contributed by atoms with E-state index in [9.17, 15) is 0 Å². The second-order valence-electron chi connectivity index (χ2n) is 4.54. The molecule has 1 aromatic rings. The van der Waals surface area contributed by atoms with Crippen LogP contribution in [0.1, 0.15) is 12.0 Å². The molecular formula is C13H16ClNO2S. The van der Waals surface area contributed by atoms with Crippen molar-refractivity contribution in [3.05, 3.63) is 22.7 Å². The summed E-state index contributed by atoms with van der Waals surface area (Å²) in [5.74, 6) is 3.92. The van der Waals surface area contributed by atoms with Crippen LogP contribution in [0.2, 0.25) is 5.02 Å². The van der Waals surface area contributed by atoms with E-state index in [4.69, 9.17) is 21.1 Å². The molecule has 0 bridgehead atoms. The Hall–Kier alpha value is -0.580. The summed E-state index contributed by atoms with van der Waals surface area (Å²) in [5.41, 5.74) is 1.15. The lowest BCUT2D eigenvalue weighted by Crippen LogP contribution is -2.28. The number of thioether (sulfide) groups is 1. The minimum atomic E-state index is 0.573. The summed E-state index contributed by atoms with van der Waals surface area (Å²) < 4.78 is 11.1. The van der Waals surface area contributed by atoms with Crippen molar-refractivity contribution in [1.29, 1.82) is 0 Å². The molecule has 5 heteroatoms. The summed E-state index contributed by atoms with van der Waals surface area (Å²) in [6.07, 6.45) is 1.25. The van der Waals surface area contributed by atoms with E-state index in [0.29, 0.717) is 30.0 Å². The lowest BCUT2D eigenvalue weighted by Gasteiger charge is -2.20. The molecule has 0 amide bonds. The molecule has 3 rings (SSSR count). The van der Waals surface area contributed by atoms with Gasteiger partial charge in [-0.15, -0.1) is 0 Å². The van der Waals surface area contributed by atoms with Crippen molar-refractivity contribution in [3.8, 4) is 11.5 Å². The number of halogens is 1. The first-order chi connectivity index (χ1) is 8.83. The van der Waals surface area contributed by atoms with Gasteiger partial charge in [-0.2, -0.15) is 11.8 Å². The smallest absolute Gasteiger partial charge is 0.179 e. The van der Waals surface area contributed by atoms with E-state index in [1.807, 2.05) is 23.9 Å². The van der Waals surface area contributed by atoms with Crippen LogP contribution in [0.3, 0.4) is 0 Å². The highest BCUT2D eigenvalue weighted by molar-refractivity contribution is 7.99. The molecule has 1 saturated heterocycles. The molecule has 0 aromatic heterocycles. The van der Waals surface area contributed by atoms with Crippen molar-refractivity contribution in [2.45, 2.75) is 19.0 Å². The predicted molar refractivity (Wildman–Crippen MR) is 75.0 cm³/mol. The maximum atomic E-state index is 6.21. The fourth-order valence-corrected chi connectivity index (χ4v) is 3.70. The van der Waals surface area contributed by atoms with E-state index in [1.165, 1.54) is 17.9 Å². The fraction of sp³-hybridized carbons (Fsp3) is 0.538. The topological polar surface area (TPSA) is 30.5 Å².